The molecule has 1 heterocycles. The fourth-order valence-corrected chi connectivity index (χ4v) is 2.39. The van der Waals surface area contributed by atoms with Gasteiger partial charge in [-0.1, -0.05) is 0 Å². The van der Waals surface area contributed by atoms with Gasteiger partial charge in [-0.05, 0) is 44.9 Å². The van der Waals surface area contributed by atoms with Crippen LogP contribution >= 0.6 is 0 Å². The number of rotatable bonds is 6. The molecule has 0 amide bonds. The molecule has 1 aromatic heterocycles. The molecule has 2 rings (SSSR count). The summed E-state index contributed by atoms with van der Waals surface area (Å²) in [6, 6.07) is 3.63. The highest BCUT2D eigenvalue weighted by molar-refractivity contribution is 7.89. The summed E-state index contributed by atoms with van der Waals surface area (Å²) >= 11 is 0. The quantitative estimate of drug-likeness (QED) is 0.801. The summed E-state index contributed by atoms with van der Waals surface area (Å²) in [7, 11) is -2.10. The van der Waals surface area contributed by atoms with Crippen LogP contribution in [0.5, 0.6) is 0 Å². The van der Waals surface area contributed by atoms with Crippen molar-refractivity contribution < 1.29 is 12.8 Å². The Hall–Kier alpha value is -0.850. The molecule has 1 aliphatic carbocycles. The van der Waals surface area contributed by atoms with E-state index >= 15 is 0 Å². The Morgan fingerprint density at radius 2 is 2.18 bits per heavy atom. The van der Waals surface area contributed by atoms with Gasteiger partial charge >= 0.3 is 0 Å². The van der Waals surface area contributed by atoms with Gasteiger partial charge < -0.3 is 9.73 Å². The molecule has 2 N–H and O–H groups in total. The van der Waals surface area contributed by atoms with E-state index in [2.05, 4.69) is 17.0 Å². The summed E-state index contributed by atoms with van der Waals surface area (Å²) in [4.78, 5) is 0. The lowest BCUT2D eigenvalue weighted by Gasteiger charge is -2.10. The van der Waals surface area contributed by atoms with E-state index in [4.69, 9.17) is 4.42 Å². The molecular formula is C11H18N2O3S. The highest BCUT2D eigenvalue weighted by Gasteiger charge is 2.27. The smallest absolute Gasteiger partial charge is 0.273 e. The van der Waals surface area contributed by atoms with Gasteiger partial charge in [-0.3, -0.25) is 0 Å². The van der Waals surface area contributed by atoms with E-state index in [1.165, 1.54) is 26.0 Å². The molecule has 1 atom stereocenters. The monoisotopic (exact) mass is 258 g/mol. The fraction of sp³-hybridized carbons (Fsp3) is 0.636. The van der Waals surface area contributed by atoms with Gasteiger partial charge in [0.2, 0.25) is 5.09 Å². The van der Waals surface area contributed by atoms with Crippen LogP contribution in [0.15, 0.2) is 21.6 Å². The molecule has 6 heteroatoms. The first kappa shape index (κ1) is 12.6. The lowest BCUT2D eigenvalue weighted by molar-refractivity contribution is 0.383. The van der Waals surface area contributed by atoms with Crippen LogP contribution in [-0.2, 0) is 16.6 Å². The lowest BCUT2D eigenvalue weighted by Crippen LogP contribution is -2.27. The molecule has 5 nitrogen and oxygen atoms in total. The zero-order chi connectivity index (χ0) is 12.5. The topological polar surface area (TPSA) is 71.3 Å². The summed E-state index contributed by atoms with van der Waals surface area (Å²) in [5.41, 5.74) is 0. The molecule has 1 aromatic rings. The van der Waals surface area contributed by atoms with E-state index < -0.39 is 10.0 Å². The van der Waals surface area contributed by atoms with Crippen molar-refractivity contribution in [2.75, 3.05) is 7.05 Å². The fourth-order valence-electron chi connectivity index (χ4n) is 1.72. The molecule has 0 spiro atoms. The van der Waals surface area contributed by atoms with Gasteiger partial charge in [0.1, 0.15) is 5.76 Å². The van der Waals surface area contributed by atoms with Crippen LogP contribution in [-0.4, -0.2) is 21.5 Å². The molecule has 1 unspecified atom stereocenters. The van der Waals surface area contributed by atoms with Crippen LogP contribution in [0.1, 0.15) is 25.5 Å². The van der Waals surface area contributed by atoms with Gasteiger partial charge in [0, 0.05) is 6.04 Å². The minimum Gasteiger partial charge on any atom is -0.447 e. The Bertz CT molecular complexity index is 477. The first-order valence-electron chi connectivity index (χ1n) is 5.78. The largest absolute Gasteiger partial charge is 0.447 e. The van der Waals surface area contributed by atoms with E-state index in [1.807, 2.05) is 0 Å². The van der Waals surface area contributed by atoms with Crippen LogP contribution in [0.2, 0.25) is 0 Å². The molecule has 0 bridgehead atoms. The maximum absolute atomic E-state index is 11.4. The SMILES string of the molecule is CNS(=O)(=O)c1ccc(CNC(C)C2CC2)o1. The summed E-state index contributed by atoms with van der Waals surface area (Å²) in [6.07, 6.45) is 2.57. The molecule has 1 fully saturated rings. The molecule has 96 valence electrons. The second-order valence-corrected chi connectivity index (χ2v) is 6.25. The van der Waals surface area contributed by atoms with Crippen molar-refractivity contribution in [3.8, 4) is 0 Å². The van der Waals surface area contributed by atoms with E-state index in [-0.39, 0.29) is 5.09 Å². The highest BCUT2D eigenvalue weighted by Crippen LogP contribution is 2.32. The first-order chi connectivity index (χ1) is 8.03. The Balaban J connectivity index is 1.94. The summed E-state index contributed by atoms with van der Waals surface area (Å²) < 4.78 is 30.4. The maximum Gasteiger partial charge on any atom is 0.273 e. The molecule has 17 heavy (non-hydrogen) atoms. The molecule has 0 radical (unpaired) electrons. The minimum absolute atomic E-state index is 0.0316. The van der Waals surface area contributed by atoms with Crippen molar-refractivity contribution in [1.82, 2.24) is 10.0 Å². The van der Waals surface area contributed by atoms with Gasteiger partial charge in [0.25, 0.3) is 10.0 Å². The third-order valence-corrected chi connectivity index (χ3v) is 4.38. The number of hydrogen-bond donors (Lipinski definition) is 2. The van der Waals surface area contributed by atoms with E-state index in [0.29, 0.717) is 18.3 Å². The van der Waals surface area contributed by atoms with Crippen molar-refractivity contribution in [3.05, 3.63) is 17.9 Å². The second kappa shape index (κ2) is 4.80. The number of nitrogens with one attached hydrogen (secondary N) is 2. The van der Waals surface area contributed by atoms with Gasteiger partial charge in [0.15, 0.2) is 0 Å². The average Bonchev–Trinajstić information content (AvgIpc) is 3.04. The van der Waals surface area contributed by atoms with Gasteiger partial charge in [-0.25, -0.2) is 13.1 Å². The predicted octanol–water partition coefficient (Wildman–Crippen LogP) is 1.08. The van der Waals surface area contributed by atoms with Crippen LogP contribution < -0.4 is 10.0 Å². The maximum atomic E-state index is 11.4. The van der Waals surface area contributed by atoms with E-state index in [1.54, 1.807) is 6.07 Å². The van der Waals surface area contributed by atoms with Crippen molar-refractivity contribution in [3.63, 3.8) is 0 Å². The van der Waals surface area contributed by atoms with Gasteiger partial charge in [-0.15, -0.1) is 0 Å². The number of sulfonamides is 1. The molecular weight excluding hydrogens is 240 g/mol. The Labute approximate surface area is 102 Å². The highest BCUT2D eigenvalue weighted by atomic mass is 32.2. The van der Waals surface area contributed by atoms with Crippen molar-refractivity contribution in [2.24, 2.45) is 5.92 Å². The zero-order valence-electron chi connectivity index (χ0n) is 10.1. The predicted molar refractivity (Wildman–Crippen MR) is 64.0 cm³/mol. The average molecular weight is 258 g/mol. The zero-order valence-corrected chi connectivity index (χ0v) is 10.9. The second-order valence-electron chi connectivity index (χ2n) is 4.44. The van der Waals surface area contributed by atoms with Crippen LogP contribution in [0.25, 0.3) is 0 Å². The molecule has 1 saturated carbocycles. The normalized spacial score (nSPS) is 18.2. The standard InChI is InChI=1S/C11H18N2O3S/c1-8(9-3-4-9)13-7-10-5-6-11(16-10)17(14,15)12-2/h5-6,8-9,12-13H,3-4,7H2,1-2H3. The summed E-state index contributed by atoms with van der Waals surface area (Å²) in [5, 5.41) is 3.30. The van der Waals surface area contributed by atoms with E-state index in [0.717, 1.165) is 5.92 Å². The van der Waals surface area contributed by atoms with Crippen LogP contribution in [0.4, 0.5) is 0 Å². The van der Waals surface area contributed by atoms with Crippen molar-refractivity contribution in [2.45, 2.75) is 37.4 Å². The summed E-state index contributed by atoms with van der Waals surface area (Å²) in [6.45, 7) is 2.71. The molecule has 0 aromatic carbocycles. The van der Waals surface area contributed by atoms with Gasteiger partial charge in [0.05, 0.1) is 6.54 Å². The number of hydrogen-bond acceptors (Lipinski definition) is 4. The van der Waals surface area contributed by atoms with Crippen LogP contribution in [0.3, 0.4) is 0 Å². The third kappa shape index (κ3) is 3.08. The Kier molecular flexibility index (Phi) is 3.56. The molecule has 0 saturated heterocycles. The number of furan rings is 1. The summed E-state index contributed by atoms with van der Waals surface area (Å²) in [5.74, 6) is 1.41. The minimum atomic E-state index is -3.46. The van der Waals surface area contributed by atoms with Crippen LogP contribution in [0, 0.1) is 5.92 Å². The van der Waals surface area contributed by atoms with Crippen molar-refractivity contribution >= 4 is 10.0 Å². The van der Waals surface area contributed by atoms with Gasteiger partial charge in [-0.2, -0.15) is 0 Å². The molecule has 0 aliphatic heterocycles. The van der Waals surface area contributed by atoms with E-state index in [9.17, 15) is 8.42 Å². The molecule has 1 aliphatic rings. The third-order valence-electron chi connectivity index (χ3n) is 3.10. The lowest BCUT2D eigenvalue weighted by atomic mass is 10.2. The Morgan fingerprint density at radius 3 is 2.76 bits per heavy atom. The first-order valence-corrected chi connectivity index (χ1v) is 7.27. The van der Waals surface area contributed by atoms with Crippen molar-refractivity contribution in [1.29, 1.82) is 0 Å². The Morgan fingerprint density at radius 1 is 1.47 bits per heavy atom.